The molecular weight excluding hydrogens is 717 g/mol. The van der Waals surface area contributed by atoms with Gasteiger partial charge in [0.2, 0.25) is 0 Å². The van der Waals surface area contributed by atoms with Crippen LogP contribution in [0.15, 0.2) is 151 Å². The summed E-state index contributed by atoms with van der Waals surface area (Å²) in [6.07, 6.45) is 10.3. The number of anilines is 2. The van der Waals surface area contributed by atoms with Crippen molar-refractivity contribution >= 4 is 60.9 Å². The molecule has 6 rings (SSSR count). The van der Waals surface area contributed by atoms with Crippen molar-refractivity contribution < 1.29 is 50.5 Å². The predicted octanol–water partition coefficient (Wildman–Crippen LogP) is 3.63. The first-order valence-electron chi connectivity index (χ1n) is 15.1. The number of fused-ring (bicyclic) bond motifs is 2. The summed E-state index contributed by atoms with van der Waals surface area (Å²) in [4.78, 5) is 45.5. The molecule has 0 bridgehead atoms. The van der Waals surface area contributed by atoms with Crippen LogP contribution in [0.5, 0.6) is 0 Å². The van der Waals surface area contributed by atoms with Crippen molar-refractivity contribution in [1.82, 2.24) is 0 Å². The van der Waals surface area contributed by atoms with E-state index in [9.17, 15) is 50.5 Å². The Bertz CT molecular complexity index is 2290. The third-order valence-corrected chi connectivity index (χ3v) is 9.92. The van der Waals surface area contributed by atoms with Crippen molar-refractivity contribution in [2.45, 2.75) is 12.2 Å². The molecule has 52 heavy (non-hydrogen) atoms. The van der Waals surface area contributed by atoms with Crippen LogP contribution in [-0.2, 0) is 20.2 Å². The highest BCUT2D eigenvalue weighted by Crippen LogP contribution is 2.33. The van der Waals surface area contributed by atoms with Crippen LogP contribution in [0.4, 0.5) is 16.2 Å². The Labute approximate surface area is 296 Å². The number of rotatable bonds is 6. The minimum Gasteiger partial charge on any atom is -0.383 e. The van der Waals surface area contributed by atoms with Gasteiger partial charge in [0.25, 0.3) is 32.1 Å². The van der Waals surface area contributed by atoms with Gasteiger partial charge >= 0.3 is 6.03 Å². The average molecular weight is 743 g/mol. The minimum absolute atomic E-state index is 0.149. The molecule has 6 N–H and O–H groups in total. The van der Waals surface area contributed by atoms with Gasteiger partial charge < -0.3 is 20.8 Å². The topological polar surface area (TPSA) is 249 Å². The third kappa shape index (κ3) is 7.54. The number of hydrogen-bond acceptors (Lipinski definition) is 9. The lowest BCUT2D eigenvalue weighted by Gasteiger charge is -2.24. The fraction of sp³-hybridized carbons (Fsp3) is 0.0571. The highest BCUT2D eigenvalue weighted by atomic mass is 32.2. The van der Waals surface area contributed by atoms with E-state index in [0.29, 0.717) is 22.5 Å². The highest BCUT2D eigenvalue weighted by Gasteiger charge is 2.33. The van der Waals surface area contributed by atoms with Gasteiger partial charge in [0.1, 0.15) is 22.0 Å². The fourth-order valence-corrected chi connectivity index (χ4v) is 6.78. The summed E-state index contributed by atoms with van der Waals surface area (Å²) in [5, 5.41) is 26.1. The molecule has 2 aromatic carbocycles. The van der Waals surface area contributed by atoms with Gasteiger partial charge in [0, 0.05) is 33.6 Å². The van der Waals surface area contributed by atoms with E-state index in [2.05, 4.69) is 20.6 Å². The summed E-state index contributed by atoms with van der Waals surface area (Å²) in [6.45, 7) is 0. The Kier molecular flexibility index (Phi) is 9.65. The van der Waals surface area contributed by atoms with Crippen molar-refractivity contribution in [2.24, 2.45) is 9.98 Å². The van der Waals surface area contributed by atoms with Crippen LogP contribution in [-0.4, -0.2) is 77.6 Å². The van der Waals surface area contributed by atoms with Gasteiger partial charge in [-0.2, -0.15) is 16.8 Å². The maximum atomic E-state index is 12.9. The molecule has 2 atom stereocenters. The second kappa shape index (κ2) is 14.0. The summed E-state index contributed by atoms with van der Waals surface area (Å²) in [7, 11) is -9.29. The Balaban J connectivity index is 1.07. The van der Waals surface area contributed by atoms with Crippen molar-refractivity contribution in [3.05, 3.63) is 153 Å². The Hall–Kier alpha value is -5.95. The van der Waals surface area contributed by atoms with Gasteiger partial charge in [-0.1, -0.05) is 36.5 Å². The van der Waals surface area contributed by atoms with Crippen LogP contribution in [0.3, 0.4) is 0 Å². The number of hydrogen-bond donors (Lipinski definition) is 6. The van der Waals surface area contributed by atoms with E-state index < -0.39 is 60.1 Å². The molecule has 4 aliphatic carbocycles. The summed E-state index contributed by atoms with van der Waals surface area (Å²) in [6, 6.07) is 11.0. The molecule has 0 radical (unpaired) electrons. The first-order valence-corrected chi connectivity index (χ1v) is 18.0. The third-order valence-electron chi connectivity index (χ3n) is 8.01. The number of aliphatic hydroxyl groups excluding tert-OH is 2. The fourth-order valence-electron chi connectivity index (χ4n) is 5.48. The van der Waals surface area contributed by atoms with E-state index in [1.165, 1.54) is 97.1 Å². The molecule has 15 nitrogen and oxygen atoms in total. The normalized spacial score (nSPS) is 21.1. The molecule has 17 heteroatoms. The minimum atomic E-state index is -4.64. The van der Waals surface area contributed by atoms with Crippen LogP contribution in [0.2, 0.25) is 0 Å². The van der Waals surface area contributed by atoms with Gasteiger partial charge in [-0.3, -0.25) is 18.7 Å². The zero-order valence-electron chi connectivity index (χ0n) is 26.4. The van der Waals surface area contributed by atoms with Gasteiger partial charge in [-0.15, -0.1) is 0 Å². The zero-order chi connectivity index (χ0) is 37.4. The molecule has 0 saturated carbocycles. The summed E-state index contributed by atoms with van der Waals surface area (Å²) in [5.74, 6) is -1.30. The number of aliphatic imine (C=N–C) groups is 2. The second-order valence-electron chi connectivity index (χ2n) is 11.4. The molecule has 2 aromatic rings. The standard InChI is InChI=1S/C35H26N4O11S2/c40-31-25-3-1-5-27(23(25)15-17-29(31)51(45,46)47)38-33(42)19-7-11-21(12-8-19)36-35(44)37-22-13-9-20(10-14-22)34(43)39-28-6-2-4-26-24(28)16-18-30(32(26)41)52(48,49)50/h1-18,31-32,40-41H,(H2,36,37,44)(H,45,46,47)(H,48,49,50). The van der Waals surface area contributed by atoms with E-state index in [0.717, 1.165) is 12.2 Å². The van der Waals surface area contributed by atoms with Gasteiger partial charge in [0.05, 0.1) is 11.4 Å². The molecule has 264 valence electrons. The van der Waals surface area contributed by atoms with Crippen molar-refractivity contribution in [3.8, 4) is 0 Å². The lowest BCUT2D eigenvalue weighted by molar-refractivity contribution is 0.0994. The van der Waals surface area contributed by atoms with Gasteiger partial charge in [-0.05, 0) is 84.0 Å². The first kappa shape index (κ1) is 35.9. The maximum Gasteiger partial charge on any atom is 0.323 e. The second-order valence-corrected chi connectivity index (χ2v) is 14.2. The number of amides is 4. The van der Waals surface area contributed by atoms with Gasteiger partial charge in [-0.25, -0.2) is 14.8 Å². The van der Waals surface area contributed by atoms with Gasteiger partial charge in [0.15, 0.2) is 0 Å². The molecule has 0 heterocycles. The van der Waals surface area contributed by atoms with Crippen molar-refractivity contribution in [2.75, 3.05) is 10.6 Å². The van der Waals surface area contributed by atoms with E-state index in [1.54, 1.807) is 0 Å². The largest absolute Gasteiger partial charge is 0.383 e. The number of nitrogens with one attached hydrogen (secondary N) is 2. The quantitative estimate of drug-likeness (QED) is 0.233. The number of carbonyl (C=O) groups is 3. The highest BCUT2D eigenvalue weighted by molar-refractivity contribution is 7.90. The molecule has 0 aliphatic heterocycles. The van der Waals surface area contributed by atoms with E-state index in [1.807, 2.05) is 0 Å². The number of carbonyl (C=O) groups excluding carboxylic acids is 3. The van der Waals surface area contributed by atoms with Crippen LogP contribution in [0, 0.1) is 0 Å². The number of urea groups is 1. The molecular formula is C35H26N4O11S2. The Morgan fingerprint density at radius 3 is 1.27 bits per heavy atom. The summed E-state index contributed by atoms with van der Waals surface area (Å²) < 4.78 is 64.9. The monoisotopic (exact) mass is 742 g/mol. The zero-order valence-corrected chi connectivity index (χ0v) is 28.0. The average Bonchev–Trinajstić information content (AvgIpc) is 3.08. The van der Waals surface area contributed by atoms with Crippen molar-refractivity contribution in [3.63, 3.8) is 0 Å². The van der Waals surface area contributed by atoms with Crippen LogP contribution in [0.1, 0.15) is 20.7 Å². The summed E-state index contributed by atoms with van der Waals surface area (Å²) >= 11 is 0. The molecule has 0 spiro atoms. The Morgan fingerprint density at radius 1 is 0.558 bits per heavy atom. The molecule has 0 aromatic heterocycles. The SMILES string of the molecule is O=C(Nc1ccc(C(=O)N=C2C=CC=C3C2=CC=C(S(=O)(=O)O)C3O)cc1)Nc1ccc(C(=O)N=C2C=CC=C3C2=CC=C(S(=O)(=O)O)C3O)cc1. The molecule has 4 aliphatic rings. The van der Waals surface area contributed by atoms with E-state index in [4.69, 9.17) is 0 Å². The van der Waals surface area contributed by atoms with Crippen molar-refractivity contribution in [1.29, 1.82) is 0 Å². The van der Waals surface area contributed by atoms with Crippen LogP contribution < -0.4 is 10.6 Å². The molecule has 0 fully saturated rings. The molecule has 0 saturated heterocycles. The number of allylic oxidation sites excluding steroid dienone is 10. The van der Waals surface area contributed by atoms with Crippen LogP contribution in [0.25, 0.3) is 0 Å². The van der Waals surface area contributed by atoms with Crippen LogP contribution >= 0.6 is 0 Å². The lowest BCUT2D eigenvalue weighted by Crippen LogP contribution is -2.27. The summed E-state index contributed by atoms with van der Waals surface area (Å²) in [5.41, 5.74) is 2.26. The molecule has 4 amide bonds. The molecule has 2 unspecified atom stereocenters. The lowest BCUT2D eigenvalue weighted by atomic mass is 9.88. The predicted molar refractivity (Wildman–Crippen MR) is 191 cm³/mol. The number of aliphatic hydroxyl groups is 2. The maximum absolute atomic E-state index is 12.9. The Morgan fingerprint density at radius 2 is 0.923 bits per heavy atom. The number of nitrogens with zero attached hydrogens (tertiary/aromatic N) is 2. The first-order chi connectivity index (χ1) is 24.6. The number of benzene rings is 2. The van der Waals surface area contributed by atoms with E-state index in [-0.39, 0.29) is 33.7 Å². The smallest absolute Gasteiger partial charge is 0.323 e. The van der Waals surface area contributed by atoms with E-state index >= 15 is 0 Å².